The first-order chi connectivity index (χ1) is 9.24. The number of rotatable bonds is 7. The van der Waals surface area contributed by atoms with Crippen LogP contribution in [0.4, 0.5) is 0 Å². The molecule has 0 aromatic rings. The van der Waals surface area contributed by atoms with E-state index in [1.54, 1.807) is 0 Å². The third-order valence-electron chi connectivity index (χ3n) is 3.41. The smallest absolute Gasteiger partial charge is 0.221 e. The lowest BCUT2D eigenvalue weighted by atomic mass is 10.0. The van der Waals surface area contributed by atoms with E-state index in [4.69, 9.17) is 19.7 Å². The van der Waals surface area contributed by atoms with Gasteiger partial charge in [-0.2, -0.15) is 0 Å². The second kappa shape index (κ2) is 6.60. The highest BCUT2D eigenvalue weighted by Crippen LogP contribution is 2.33. The maximum Gasteiger partial charge on any atom is 0.221 e. The highest BCUT2D eigenvalue weighted by atomic mass is 16.7. The van der Waals surface area contributed by atoms with Crippen molar-refractivity contribution in [1.29, 1.82) is 0 Å². The second-order valence-electron chi connectivity index (χ2n) is 5.09. The predicted octanol–water partition coefficient (Wildman–Crippen LogP) is -4.09. The Bertz CT molecular complexity index is 310. The average Bonchev–Trinajstić information content (AvgIpc) is 2.69. The molecule has 6 atom stereocenters. The van der Waals surface area contributed by atoms with Gasteiger partial charge in [-0.1, -0.05) is 0 Å². The molecule has 1 heterocycles. The second-order valence-corrected chi connectivity index (χ2v) is 5.09. The van der Waals surface area contributed by atoms with Crippen LogP contribution in [0.5, 0.6) is 0 Å². The number of ether oxygens (including phenoxy) is 2. The Hall–Kier alpha value is -0.360. The summed E-state index contributed by atoms with van der Waals surface area (Å²) in [5.74, 6) is -2.02. The summed E-state index contributed by atoms with van der Waals surface area (Å²) >= 11 is 0. The van der Waals surface area contributed by atoms with E-state index in [0.717, 1.165) is 0 Å². The van der Waals surface area contributed by atoms with Crippen molar-refractivity contribution in [2.24, 2.45) is 0 Å². The lowest BCUT2D eigenvalue weighted by Gasteiger charge is -2.35. The van der Waals surface area contributed by atoms with E-state index in [9.17, 15) is 25.5 Å². The topological polar surface area (TPSA) is 160 Å². The molecular formula is C11H22O9. The van der Waals surface area contributed by atoms with Gasteiger partial charge >= 0.3 is 0 Å². The quantitative estimate of drug-likeness (QED) is 0.248. The van der Waals surface area contributed by atoms with Crippen molar-refractivity contribution in [1.82, 2.24) is 0 Å². The van der Waals surface area contributed by atoms with Gasteiger partial charge in [0, 0.05) is 0 Å². The molecule has 120 valence electrons. The number of aliphatic hydroxyl groups is 7. The molecule has 0 radical (unpaired) electrons. The van der Waals surface area contributed by atoms with E-state index in [2.05, 4.69) is 0 Å². The van der Waals surface area contributed by atoms with Crippen LogP contribution in [0.15, 0.2) is 0 Å². The van der Waals surface area contributed by atoms with Crippen LogP contribution in [0, 0.1) is 0 Å². The van der Waals surface area contributed by atoms with Crippen molar-refractivity contribution in [3.63, 3.8) is 0 Å². The Morgan fingerprint density at radius 1 is 1.30 bits per heavy atom. The molecule has 1 rings (SSSR count). The number of hydrogen-bond acceptors (Lipinski definition) is 9. The number of hydrogen-bond donors (Lipinski definition) is 7. The van der Waals surface area contributed by atoms with Gasteiger partial charge in [-0.3, -0.25) is 0 Å². The summed E-state index contributed by atoms with van der Waals surface area (Å²) in [5.41, 5.74) is -1.86. The first-order valence-corrected chi connectivity index (χ1v) is 6.15. The molecule has 1 aliphatic rings. The van der Waals surface area contributed by atoms with Crippen molar-refractivity contribution in [3.8, 4) is 0 Å². The molecule has 0 unspecified atom stereocenters. The third kappa shape index (κ3) is 3.27. The fourth-order valence-corrected chi connectivity index (χ4v) is 1.86. The molecule has 0 aromatic carbocycles. The van der Waals surface area contributed by atoms with Gasteiger partial charge in [0.05, 0.1) is 19.8 Å². The summed E-state index contributed by atoms with van der Waals surface area (Å²) in [4.78, 5) is 0. The molecule has 1 aliphatic heterocycles. The van der Waals surface area contributed by atoms with Gasteiger partial charge in [0.25, 0.3) is 0 Å². The Kier molecular flexibility index (Phi) is 5.84. The Morgan fingerprint density at radius 2 is 1.90 bits per heavy atom. The van der Waals surface area contributed by atoms with Crippen molar-refractivity contribution in [2.75, 3.05) is 26.4 Å². The zero-order chi connectivity index (χ0) is 15.6. The van der Waals surface area contributed by atoms with Crippen LogP contribution in [0.3, 0.4) is 0 Å². The molecular weight excluding hydrogens is 276 g/mol. The van der Waals surface area contributed by atoms with Crippen LogP contribution in [-0.4, -0.2) is 98.0 Å². The maximum absolute atomic E-state index is 9.86. The third-order valence-corrected chi connectivity index (χ3v) is 3.41. The van der Waals surface area contributed by atoms with Crippen LogP contribution in [0.2, 0.25) is 0 Å². The van der Waals surface area contributed by atoms with Crippen molar-refractivity contribution in [3.05, 3.63) is 0 Å². The fraction of sp³-hybridized carbons (Fsp3) is 1.00. The SMILES string of the molecule is C[C@](O)(CO[C@]1(CO)O[C@H](CO)[C@@H](O)[C@@H]1O)[C@H](O)CO. The normalized spacial score (nSPS) is 38.7. The average molecular weight is 298 g/mol. The van der Waals surface area contributed by atoms with E-state index in [0.29, 0.717) is 0 Å². The summed E-state index contributed by atoms with van der Waals surface area (Å²) < 4.78 is 10.2. The van der Waals surface area contributed by atoms with Gasteiger partial charge < -0.3 is 45.2 Å². The van der Waals surface area contributed by atoms with Crippen molar-refractivity contribution < 1.29 is 45.2 Å². The summed E-state index contributed by atoms with van der Waals surface area (Å²) in [6.07, 6.45) is -5.77. The Balaban J connectivity index is 2.77. The van der Waals surface area contributed by atoms with E-state index in [-0.39, 0.29) is 0 Å². The molecule has 7 N–H and O–H groups in total. The maximum atomic E-state index is 9.86. The number of aliphatic hydroxyl groups excluding tert-OH is 6. The highest BCUT2D eigenvalue weighted by Gasteiger charge is 2.55. The van der Waals surface area contributed by atoms with E-state index in [1.807, 2.05) is 0 Å². The monoisotopic (exact) mass is 298 g/mol. The minimum Gasteiger partial charge on any atom is -0.394 e. The molecule has 1 fully saturated rings. The summed E-state index contributed by atoms with van der Waals surface area (Å²) in [5, 5.41) is 65.8. The summed E-state index contributed by atoms with van der Waals surface area (Å²) in [7, 11) is 0. The molecule has 0 amide bonds. The van der Waals surface area contributed by atoms with E-state index >= 15 is 0 Å². The van der Waals surface area contributed by atoms with Gasteiger partial charge in [0.2, 0.25) is 5.79 Å². The zero-order valence-electron chi connectivity index (χ0n) is 11.1. The van der Waals surface area contributed by atoms with Crippen LogP contribution >= 0.6 is 0 Å². The molecule has 20 heavy (non-hydrogen) atoms. The molecule has 0 aromatic heterocycles. The van der Waals surface area contributed by atoms with Crippen LogP contribution in [0.25, 0.3) is 0 Å². The fourth-order valence-electron chi connectivity index (χ4n) is 1.86. The van der Waals surface area contributed by atoms with Crippen molar-refractivity contribution >= 4 is 0 Å². The first kappa shape index (κ1) is 17.7. The predicted molar refractivity (Wildman–Crippen MR) is 63.5 cm³/mol. The minimum absolute atomic E-state index is 0.586. The molecule has 9 nitrogen and oxygen atoms in total. The summed E-state index contributed by atoms with van der Waals surface area (Å²) in [6.45, 7) is -1.56. The van der Waals surface area contributed by atoms with E-state index < -0.39 is 62.2 Å². The molecule has 0 bridgehead atoms. The molecule has 0 aliphatic carbocycles. The van der Waals surface area contributed by atoms with Gasteiger partial charge in [-0.25, -0.2) is 0 Å². The van der Waals surface area contributed by atoms with Crippen LogP contribution in [0.1, 0.15) is 6.92 Å². The highest BCUT2D eigenvalue weighted by molar-refractivity contribution is 4.97. The van der Waals surface area contributed by atoms with Gasteiger partial charge in [-0.05, 0) is 6.92 Å². The molecule has 0 saturated carbocycles. The Morgan fingerprint density at radius 3 is 2.30 bits per heavy atom. The lowest BCUT2D eigenvalue weighted by Crippen LogP contribution is -2.54. The molecule has 0 spiro atoms. The Labute approximate surface area is 115 Å². The van der Waals surface area contributed by atoms with Gasteiger partial charge in [-0.15, -0.1) is 0 Å². The van der Waals surface area contributed by atoms with Crippen LogP contribution < -0.4 is 0 Å². The van der Waals surface area contributed by atoms with E-state index in [1.165, 1.54) is 6.92 Å². The lowest BCUT2D eigenvalue weighted by molar-refractivity contribution is -0.295. The standard InChI is InChI=1S/C11H22O9/c1-10(18,7(15)3-13)5-19-11(4-14)9(17)8(16)6(2-12)20-11/h6-9,12-18H,2-5H2,1H3/t6-,7-,8-,9+,10+,11-/m1/s1. The van der Waals surface area contributed by atoms with Gasteiger partial charge in [0.1, 0.15) is 36.6 Å². The summed E-state index contributed by atoms with van der Waals surface area (Å²) in [6, 6.07) is 0. The molecule has 1 saturated heterocycles. The largest absolute Gasteiger partial charge is 0.394 e. The van der Waals surface area contributed by atoms with Gasteiger partial charge in [0.15, 0.2) is 0 Å². The van der Waals surface area contributed by atoms with Crippen molar-refractivity contribution in [2.45, 2.75) is 42.7 Å². The van der Waals surface area contributed by atoms with Crippen LogP contribution in [-0.2, 0) is 9.47 Å². The first-order valence-electron chi connectivity index (χ1n) is 6.15. The minimum atomic E-state index is -2.02. The molecule has 9 heteroatoms. The zero-order valence-corrected chi connectivity index (χ0v) is 11.1.